The van der Waals surface area contributed by atoms with Crippen LogP contribution < -0.4 is 20.5 Å². The lowest BCUT2D eigenvalue weighted by molar-refractivity contribution is 0.391. The minimum absolute atomic E-state index is 0.496. The van der Waals surface area contributed by atoms with Gasteiger partial charge in [-0.1, -0.05) is 0 Å². The topological polar surface area (TPSA) is 68.9 Å². The quantitative estimate of drug-likeness (QED) is 0.609. The fraction of sp³-hybridized carbons (Fsp3) is 0.462. The molecule has 0 spiro atoms. The first-order valence-corrected chi connectivity index (χ1v) is 6.00. The van der Waals surface area contributed by atoms with Crippen LogP contribution in [-0.4, -0.2) is 26.2 Å². The predicted molar refractivity (Wildman–Crippen MR) is 71.0 cm³/mol. The molecule has 0 aliphatic heterocycles. The Morgan fingerprint density at radius 3 is 2.78 bits per heavy atom. The van der Waals surface area contributed by atoms with E-state index < -0.39 is 0 Å². The molecule has 1 fully saturated rings. The van der Waals surface area contributed by atoms with Crippen LogP contribution in [0.15, 0.2) is 23.2 Å². The van der Waals surface area contributed by atoms with E-state index in [1.807, 2.05) is 18.2 Å². The maximum Gasteiger partial charge on any atom is 0.189 e. The molecule has 1 aromatic carbocycles. The summed E-state index contributed by atoms with van der Waals surface area (Å²) in [7, 11) is 3.26. The normalized spacial score (nSPS) is 15.3. The summed E-state index contributed by atoms with van der Waals surface area (Å²) in [5, 5.41) is 3.15. The fourth-order valence-corrected chi connectivity index (χ4v) is 1.64. The second kappa shape index (κ2) is 5.62. The first-order valence-electron chi connectivity index (χ1n) is 6.00. The van der Waals surface area contributed by atoms with Gasteiger partial charge < -0.3 is 20.5 Å². The van der Waals surface area contributed by atoms with Crippen molar-refractivity contribution in [2.75, 3.05) is 14.2 Å². The summed E-state index contributed by atoms with van der Waals surface area (Å²) in [6, 6.07) is 6.19. The van der Waals surface area contributed by atoms with Crippen molar-refractivity contribution in [3.63, 3.8) is 0 Å². The van der Waals surface area contributed by atoms with Crippen LogP contribution in [0.1, 0.15) is 18.4 Å². The highest BCUT2D eigenvalue weighted by molar-refractivity contribution is 5.78. The molecule has 3 N–H and O–H groups in total. The highest BCUT2D eigenvalue weighted by Gasteiger charge is 2.21. The maximum absolute atomic E-state index is 5.78. The van der Waals surface area contributed by atoms with Gasteiger partial charge in [0.15, 0.2) is 5.96 Å². The zero-order valence-electron chi connectivity index (χ0n) is 10.8. The summed E-state index contributed by atoms with van der Waals surface area (Å²) in [5.74, 6) is 2.02. The third-order valence-electron chi connectivity index (χ3n) is 2.84. The first-order chi connectivity index (χ1) is 8.72. The molecule has 5 heteroatoms. The molecule has 1 saturated carbocycles. The number of hydrogen-bond donors (Lipinski definition) is 2. The van der Waals surface area contributed by atoms with Crippen molar-refractivity contribution < 1.29 is 9.47 Å². The molecule has 0 saturated heterocycles. The Labute approximate surface area is 107 Å². The van der Waals surface area contributed by atoms with Crippen LogP contribution in [0.2, 0.25) is 0 Å². The van der Waals surface area contributed by atoms with Gasteiger partial charge in [-0.05, 0) is 25.0 Å². The Bertz CT molecular complexity index is 442. The van der Waals surface area contributed by atoms with E-state index in [0.717, 1.165) is 17.1 Å². The van der Waals surface area contributed by atoms with Crippen LogP contribution >= 0.6 is 0 Å². The minimum atomic E-state index is 0.496. The van der Waals surface area contributed by atoms with E-state index >= 15 is 0 Å². The Kier molecular flexibility index (Phi) is 3.92. The third-order valence-corrected chi connectivity index (χ3v) is 2.84. The predicted octanol–water partition coefficient (Wildman–Crippen LogP) is 1.27. The molecule has 5 nitrogen and oxygen atoms in total. The Morgan fingerprint density at radius 1 is 1.39 bits per heavy atom. The number of ether oxygens (including phenoxy) is 2. The highest BCUT2D eigenvalue weighted by atomic mass is 16.5. The number of rotatable bonds is 5. The van der Waals surface area contributed by atoms with Gasteiger partial charge in [0.1, 0.15) is 11.5 Å². The van der Waals surface area contributed by atoms with Gasteiger partial charge in [0.05, 0.1) is 20.8 Å². The largest absolute Gasteiger partial charge is 0.497 e. The van der Waals surface area contributed by atoms with Crippen molar-refractivity contribution in [2.24, 2.45) is 10.7 Å². The van der Waals surface area contributed by atoms with Crippen molar-refractivity contribution in [2.45, 2.75) is 25.4 Å². The Morgan fingerprint density at radius 2 is 2.17 bits per heavy atom. The molecule has 0 atom stereocenters. The molecule has 1 aliphatic carbocycles. The average molecular weight is 249 g/mol. The Hall–Kier alpha value is -1.91. The SMILES string of the molecule is COc1ccc(CN=C(N)NC2CC2)c(OC)c1. The number of nitrogens with one attached hydrogen (secondary N) is 1. The number of methoxy groups -OCH3 is 2. The maximum atomic E-state index is 5.78. The molecule has 0 aromatic heterocycles. The third kappa shape index (κ3) is 3.29. The molecule has 1 aromatic rings. The fourth-order valence-electron chi connectivity index (χ4n) is 1.64. The summed E-state index contributed by atoms with van der Waals surface area (Å²) < 4.78 is 10.4. The van der Waals surface area contributed by atoms with Gasteiger partial charge in [-0.25, -0.2) is 4.99 Å². The highest BCUT2D eigenvalue weighted by Crippen LogP contribution is 2.25. The van der Waals surface area contributed by atoms with Crippen LogP contribution in [0, 0.1) is 0 Å². The molecule has 18 heavy (non-hydrogen) atoms. The lowest BCUT2D eigenvalue weighted by Crippen LogP contribution is -2.33. The van der Waals surface area contributed by atoms with E-state index in [0.29, 0.717) is 18.5 Å². The summed E-state index contributed by atoms with van der Waals surface area (Å²) in [4.78, 5) is 4.30. The van der Waals surface area contributed by atoms with Crippen molar-refractivity contribution in [3.05, 3.63) is 23.8 Å². The van der Waals surface area contributed by atoms with Crippen molar-refractivity contribution in [3.8, 4) is 11.5 Å². The summed E-state index contributed by atoms with van der Waals surface area (Å²) in [6.07, 6.45) is 2.37. The number of nitrogens with zero attached hydrogens (tertiary/aromatic N) is 1. The van der Waals surface area contributed by atoms with Crippen LogP contribution in [0.3, 0.4) is 0 Å². The lowest BCUT2D eigenvalue weighted by Gasteiger charge is -2.09. The number of aliphatic imine (C=N–C) groups is 1. The molecule has 0 amide bonds. The number of guanidine groups is 1. The van der Waals surface area contributed by atoms with E-state index in [4.69, 9.17) is 15.2 Å². The molecular formula is C13H19N3O2. The van der Waals surface area contributed by atoms with E-state index in [1.54, 1.807) is 14.2 Å². The van der Waals surface area contributed by atoms with Crippen molar-refractivity contribution >= 4 is 5.96 Å². The molecule has 98 valence electrons. The number of nitrogens with two attached hydrogens (primary N) is 1. The molecule has 2 rings (SSSR count). The Balaban J connectivity index is 2.02. The lowest BCUT2D eigenvalue weighted by atomic mass is 10.2. The van der Waals surface area contributed by atoms with E-state index in [9.17, 15) is 0 Å². The van der Waals surface area contributed by atoms with Gasteiger partial charge in [0.25, 0.3) is 0 Å². The smallest absolute Gasteiger partial charge is 0.189 e. The number of hydrogen-bond acceptors (Lipinski definition) is 3. The minimum Gasteiger partial charge on any atom is -0.497 e. The van der Waals surface area contributed by atoms with Crippen LogP contribution in [0.5, 0.6) is 11.5 Å². The zero-order valence-corrected chi connectivity index (χ0v) is 10.8. The standard InChI is InChI=1S/C13H19N3O2/c1-17-11-6-3-9(12(7-11)18-2)8-15-13(14)16-10-4-5-10/h3,6-7,10H,4-5,8H2,1-2H3,(H3,14,15,16). The first kappa shape index (κ1) is 12.5. The molecule has 0 radical (unpaired) electrons. The molecule has 1 aliphatic rings. The van der Waals surface area contributed by atoms with E-state index in [2.05, 4.69) is 10.3 Å². The van der Waals surface area contributed by atoms with Gasteiger partial charge in [-0.2, -0.15) is 0 Å². The van der Waals surface area contributed by atoms with Gasteiger partial charge >= 0.3 is 0 Å². The van der Waals surface area contributed by atoms with E-state index in [1.165, 1.54) is 12.8 Å². The van der Waals surface area contributed by atoms with Crippen LogP contribution in [0.25, 0.3) is 0 Å². The van der Waals surface area contributed by atoms with Crippen molar-refractivity contribution in [1.29, 1.82) is 0 Å². The molecule has 0 unspecified atom stereocenters. The van der Waals surface area contributed by atoms with Gasteiger partial charge in [-0.15, -0.1) is 0 Å². The van der Waals surface area contributed by atoms with E-state index in [-0.39, 0.29) is 0 Å². The van der Waals surface area contributed by atoms with Crippen LogP contribution in [0.4, 0.5) is 0 Å². The molecule has 0 heterocycles. The second-order valence-corrected chi connectivity index (χ2v) is 4.30. The summed E-state index contributed by atoms with van der Waals surface area (Å²) >= 11 is 0. The van der Waals surface area contributed by atoms with Gasteiger partial charge in [0, 0.05) is 17.7 Å². The van der Waals surface area contributed by atoms with Gasteiger partial charge in [0.2, 0.25) is 0 Å². The van der Waals surface area contributed by atoms with Crippen LogP contribution in [-0.2, 0) is 6.54 Å². The monoisotopic (exact) mass is 249 g/mol. The molecule has 0 bridgehead atoms. The zero-order chi connectivity index (χ0) is 13.0. The second-order valence-electron chi connectivity index (χ2n) is 4.30. The van der Waals surface area contributed by atoms with Gasteiger partial charge in [-0.3, -0.25) is 0 Å². The number of benzene rings is 1. The average Bonchev–Trinajstić information content (AvgIpc) is 3.20. The summed E-state index contributed by atoms with van der Waals surface area (Å²) in [6.45, 7) is 0.499. The summed E-state index contributed by atoms with van der Waals surface area (Å²) in [5.41, 5.74) is 6.77. The van der Waals surface area contributed by atoms with Crippen molar-refractivity contribution in [1.82, 2.24) is 5.32 Å². The molecular weight excluding hydrogens is 230 g/mol.